The number of ketones is 1. The van der Waals surface area contributed by atoms with Crippen LogP contribution in [-0.2, 0) is 4.79 Å². The van der Waals surface area contributed by atoms with Gasteiger partial charge in [0.15, 0.2) is 5.78 Å². The Labute approximate surface area is 254 Å². The van der Waals surface area contributed by atoms with Crippen LogP contribution < -0.4 is 10.1 Å². The summed E-state index contributed by atoms with van der Waals surface area (Å²) in [5.74, 6) is 0.327. The first-order chi connectivity index (χ1) is 21.4. The van der Waals surface area contributed by atoms with E-state index >= 15 is 0 Å². The Morgan fingerprint density at radius 1 is 1.05 bits per heavy atom. The maximum atomic E-state index is 13.3. The average Bonchev–Trinajstić information content (AvgIpc) is 3.55. The zero-order valence-corrected chi connectivity index (χ0v) is 24.4. The topological polar surface area (TPSA) is 128 Å². The van der Waals surface area contributed by atoms with E-state index in [4.69, 9.17) is 4.74 Å². The molecule has 1 saturated heterocycles. The van der Waals surface area contributed by atoms with E-state index in [0.29, 0.717) is 45.0 Å². The quantitative estimate of drug-likeness (QED) is 0.265. The first kappa shape index (κ1) is 28.0. The van der Waals surface area contributed by atoms with Crippen molar-refractivity contribution in [3.8, 4) is 5.75 Å². The third-order valence-electron chi connectivity index (χ3n) is 8.65. The lowest BCUT2D eigenvalue weighted by molar-refractivity contribution is -0.113. The molecule has 0 saturated carbocycles. The van der Waals surface area contributed by atoms with Gasteiger partial charge in [0, 0.05) is 30.1 Å². The second kappa shape index (κ2) is 11.4. The Hall–Kier alpha value is -4.80. The number of hydrogen-bond acceptors (Lipinski definition) is 8. The zero-order valence-electron chi connectivity index (χ0n) is 24.4. The third-order valence-corrected chi connectivity index (χ3v) is 8.65. The van der Waals surface area contributed by atoms with Gasteiger partial charge in [-0.25, -0.2) is 4.98 Å². The highest BCUT2D eigenvalue weighted by Gasteiger charge is 2.41. The summed E-state index contributed by atoms with van der Waals surface area (Å²) in [4.78, 5) is 51.3. The number of Topliss-reactive ketones (excluding diaryl/α,β-unsaturated/α-hetero) is 1. The van der Waals surface area contributed by atoms with E-state index < -0.39 is 6.10 Å². The molecule has 10 heteroatoms. The molecule has 2 amide bonds. The highest BCUT2D eigenvalue weighted by molar-refractivity contribution is 6.24. The number of H-pyrrole nitrogens is 1. The van der Waals surface area contributed by atoms with Gasteiger partial charge in [0.25, 0.3) is 11.8 Å². The van der Waals surface area contributed by atoms with Gasteiger partial charge in [-0.15, -0.1) is 0 Å². The van der Waals surface area contributed by atoms with Crippen molar-refractivity contribution in [3.63, 3.8) is 0 Å². The van der Waals surface area contributed by atoms with Crippen LogP contribution in [0, 0.1) is 0 Å². The van der Waals surface area contributed by atoms with Gasteiger partial charge in [-0.2, -0.15) is 0 Å². The van der Waals surface area contributed by atoms with Crippen LogP contribution >= 0.6 is 0 Å². The number of nitrogens with zero attached hydrogens (tertiary/aromatic N) is 3. The number of carbonyl (C=O) groups excluding carboxylic acids is 3. The zero-order chi connectivity index (χ0) is 30.4. The fraction of sp³-hybridized carbons (Fsp3) is 0.294. The summed E-state index contributed by atoms with van der Waals surface area (Å²) in [5.41, 5.74) is 2.66. The number of amides is 2. The van der Waals surface area contributed by atoms with Crippen molar-refractivity contribution in [2.45, 2.75) is 31.4 Å². The van der Waals surface area contributed by atoms with Crippen molar-refractivity contribution < 1.29 is 24.2 Å². The predicted octanol–water partition coefficient (Wildman–Crippen LogP) is 3.68. The van der Waals surface area contributed by atoms with E-state index in [-0.39, 0.29) is 43.2 Å². The number of likely N-dealkylation sites (tertiary alicyclic amines) is 1. The number of aliphatic hydroxyl groups excluding tert-OH is 1. The van der Waals surface area contributed by atoms with Crippen molar-refractivity contribution in [3.05, 3.63) is 89.4 Å². The molecule has 0 bridgehead atoms. The minimum absolute atomic E-state index is 0.0636. The molecule has 44 heavy (non-hydrogen) atoms. The molecule has 4 aromatic rings. The molecule has 10 nitrogen and oxygen atoms in total. The average molecular weight is 592 g/mol. The number of nitrogens with one attached hydrogen (secondary N) is 2. The summed E-state index contributed by atoms with van der Waals surface area (Å²) in [7, 11) is 2.04. The molecule has 3 heterocycles. The SMILES string of the molecule is CN1CCC(N2C(=O)c3cc4nc(C5=C(NC[C@@H](O)COc6cccc7ccccc67)C=CCC5=O)[nH]c4cc3C2=O)CC1. The van der Waals surface area contributed by atoms with Crippen molar-refractivity contribution >= 4 is 45.0 Å². The van der Waals surface area contributed by atoms with Crippen LogP contribution in [0.4, 0.5) is 0 Å². The lowest BCUT2D eigenvalue weighted by Crippen LogP contribution is -2.46. The lowest BCUT2D eigenvalue weighted by Gasteiger charge is -2.33. The van der Waals surface area contributed by atoms with Crippen LogP contribution in [0.25, 0.3) is 27.4 Å². The van der Waals surface area contributed by atoms with Gasteiger partial charge in [0.1, 0.15) is 24.3 Å². The Kier molecular flexibility index (Phi) is 7.23. The van der Waals surface area contributed by atoms with E-state index in [0.717, 1.165) is 36.7 Å². The molecular weight excluding hydrogens is 558 g/mol. The van der Waals surface area contributed by atoms with Gasteiger partial charge < -0.3 is 25.0 Å². The molecular formula is C34H33N5O5. The molecule has 3 N–H and O–H groups in total. The lowest BCUT2D eigenvalue weighted by atomic mass is 10.00. The van der Waals surface area contributed by atoms with Crippen LogP contribution in [0.2, 0.25) is 0 Å². The van der Waals surface area contributed by atoms with Crippen LogP contribution in [0.5, 0.6) is 5.75 Å². The van der Waals surface area contributed by atoms with Gasteiger partial charge in [0.2, 0.25) is 0 Å². The number of imidazole rings is 1. The molecule has 7 rings (SSSR count). The van der Waals surface area contributed by atoms with E-state index in [1.54, 1.807) is 24.3 Å². The number of aliphatic hydroxyl groups is 1. The van der Waals surface area contributed by atoms with Crippen LogP contribution in [-0.4, -0.2) is 87.9 Å². The largest absolute Gasteiger partial charge is 0.490 e. The summed E-state index contributed by atoms with van der Waals surface area (Å²) in [5, 5.41) is 15.9. The molecule has 3 aliphatic rings. The number of ether oxygens (including phenoxy) is 1. The molecule has 3 aromatic carbocycles. The van der Waals surface area contributed by atoms with Crippen LogP contribution in [0.3, 0.4) is 0 Å². The molecule has 224 valence electrons. The van der Waals surface area contributed by atoms with Crippen molar-refractivity contribution in [2.24, 2.45) is 0 Å². The summed E-state index contributed by atoms with van der Waals surface area (Å²) in [6.07, 6.45) is 4.44. The molecule has 1 aliphatic carbocycles. The van der Waals surface area contributed by atoms with Gasteiger partial charge in [-0.05, 0) is 62.6 Å². The molecule has 0 unspecified atom stereocenters. The number of piperidine rings is 1. The number of benzene rings is 3. The minimum atomic E-state index is -0.851. The molecule has 1 atom stereocenters. The van der Waals surface area contributed by atoms with E-state index in [9.17, 15) is 19.5 Å². The number of aromatic nitrogens is 2. The van der Waals surface area contributed by atoms with E-state index in [1.807, 2.05) is 49.5 Å². The standard InChI is InChI=1S/C34H33N5O5/c1-38-14-12-21(13-15-38)39-33(42)24-16-27-28(17-25(24)34(39)43)37-32(36-27)31-26(9-5-10-29(31)41)35-18-22(40)19-44-30-11-4-7-20-6-2-3-8-23(20)30/h2-9,11,16-17,21-22,35,40H,10,12-15,18-19H2,1H3,(H,36,37)/t22-/m1/s1. The number of fused-ring (bicyclic) bond motifs is 3. The summed E-state index contributed by atoms with van der Waals surface area (Å²) < 4.78 is 5.93. The monoisotopic (exact) mass is 591 g/mol. The normalized spacial score (nSPS) is 18.5. The highest BCUT2D eigenvalue weighted by atomic mass is 16.5. The Bertz CT molecular complexity index is 1810. The molecule has 0 radical (unpaired) electrons. The number of allylic oxidation sites excluding steroid dienone is 3. The second-order valence-electron chi connectivity index (χ2n) is 11.7. The molecule has 0 spiro atoms. The van der Waals surface area contributed by atoms with Crippen molar-refractivity contribution in [1.29, 1.82) is 0 Å². The smallest absolute Gasteiger partial charge is 0.261 e. The number of imide groups is 1. The molecule has 1 aromatic heterocycles. The fourth-order valence-electron chi connectivity index (χ4n) is 6.29. The maximum absolute atomic E-state index is 13.3. The fourth-order valence-corrected chi connectivity index (χ4v) is 6.29. The molecule has 1 fully saturated rings. The Morgan fingerprint density at radius 3 is 2.61 bits per heavy atom. The van der Waals surface area contributed by atoms with Crippen molar-refractivity contribution in [1.82, 2.24) is 25.1 Å². The van der Waals surface area contributed by atoms with Crippen LogP contribution in [0.1, 0.15) is 45.8 Å². The highest BCUT2D eigenvalue weighted by Crippen LogP contribution is 2.33. The first-order valence-corrected chi connectivity index (χ1v) is 14.9. The van der Waals surface area contributed by atoms with Gasteiger partial charge >= 0.3 is 0 Å². The maximum Gasteiger partial charge on any atom is 0.261 e. The Morgan fingerprint density at radius 2 is 1.80 bits per heavy atom. The summed E-state index contributed by atoms with van der Waals surface area (Å²) >= 11 is 0. The summed E-state index contributed by atoms with van der Waals surface area (Å²) in [6, 6.07) is 16.9. The number of carbonyl (C=O) groups is 3. The first-order valence-electron chi connectivity index (χ1n) is 14.9. The minimum Gasteiger partial charge on any atom is -0.490 e. The molecule has 2 aliphatic heterocycles. The van der Waals surface area contributed by atoms with E-state index in [2.05, 4.69) is 20.2 Å². The second-order valence-corrected chi connectivity index (χ2v) is 11.7. The van der Waals surface area contributed by atoms with Gasteiger partial charge in [0.05, 0.1) is 27.7 Å². The van der Waals surface area contributed by atoms with Gasteiger partial charge in [-0.3, -0.25) is 19.3 Å². The van der Waals surface area contributed by atoms with Crippen LogP contribution in [0.15, 0.2) is 72.4 Å². The number of hydrogen-bond donors (Lipinski definition) is 3. The number of rotatable bonds is 8. The number of aromatic amines is 1. The van der Waals surface area contributed by atoms with Crippen molar-refractivity contribution in [2.75, 3.05) is 33.3 Å². The summed E-state index contributed by atoms with van der Waals surface area (Å²) in [6.45, 7) is 1.89. The third kappa shape index (κ3) is 5.06. The predicted molar refractivity (Wildman–Crippen MR) is 166 cm³/mol. The van der Waals surface area contributed by atoms with E-state index in [1.165, 1.54) is 4.90 Å². The van der Waals surface area contributed by atoms with Gasteiger partial charge in [-0.1, -0.05) is 42.5 Å². The Balaban J connectivity index is 1.09.